The fourth-order valence-corrected chi connectivity index (χ4v) is 0.129. The topological polar surface area (TPSA) is 35.5 Å². The zero-order valence-electron chi connectivity index (χ0n) is 4.26. The van der Waals surface area contributed by atoms with Crippen LogP contribution in [0.15, 0.2) is 12.6 Å². The van der Waals surface area contributed by atoms with E-state index in [1.807, 2.05) is 0 Å². The van der Waals surface area contributed by atoms with Crippen molar-refractivity contribution in [1.29, 1.82) is 0 Å². The summed E-state index contributed by atoms with van der Waals surface area (Å²) in [6.07, 6.45) is -0.248. The van der Waals surface area contributed by atoms with Crippen molar-refractivity contribution < 1.29 is 18.7 Å². The van der Waals surface area contributed by atoms with Crippen LogP contribution >= 0.6 is 0 Å². The lowest BCUT2D eigenvalue weighted by molar-refractivity contribution is 0.105. The average Bonchev–Trinajstić information content (AvgIpc) is 1.83. The van der Waals surface area contributed by atoms with Gasteiger partial charge in [0, 0.05) is 0 Å². The first-order valence-corrected chi connectivity index (χ1v) is 1.81. The number of carbonyl (C=O) groups is 1. The highest BCUT2D eigenvalue weighted by Gasteiger charge is 1.92. The minimum absolute atomic E-state index is 0.0942. The minimum Gasteiger partial charge on any atom is -0.437 e. The highest BCUT2D eigenvalue weighted by atomic mass is 19.1. The monoisotopic (exact) mass is 120 g/mol. The van der Waals surface area contributed by atoms with E-state index in [4.69, 9.17) is 0 Å². The normalized spacial score (nSPS) is 9.25. The Kier molecular flexibility index (Phi) is 3.56. The molecule has 0 heterocycles. The highest BCUT2D eigenvalue weighted by molar-refractivity contribution is 5.60. The zero-order valence-corrected chi connectivity index (χ0v) is 4.26. The second-order valence-corrected chi connectivity index (χ2v) is 0.834. The van der Waals surface area contributed by atoms with Crippen molar-refractivity contribution in [3.05, 3.63) is 12.6 Å². The molecule has 0 bridgehead atoms. The molecule has 4 heteroatoms. The van der Waals surface area contributed by atoms with Crippen LogP contribution in [0.5, 0.6) is 0 Å². The molecule has 0 N–H and O–H groups in total. The predicted molar refractivity (Wildman–Crippen MR) is 23.7 cm³/mol. The highest BCUT2D eigenvalue weighted by Crippen LogP contribution is 1.82. The molecule has 0 aliphatic rings. The molecule has 0 rings (SSSR count). The molecule has 0 unspecified atom stereocenters. The third kappa shape index (κ3) is 3.14. The lowest BCUT2D eigenvalue weighted by Gasteiger charge is -1.91. The van der Waals surface area contributed by atoms with Crippen LogP contribution in [0.1, 0.15) is 0 Å². The minimum atomic E-state index is -0.932. The van der Waals surface area contributed by atoms with E-state index in [0.29, 0.717) is 6.26 Å². The first-order chi connectivity index (χ1) is 3.81. The van der Waals surface area contributed by atoms with Gasteiger partial charge in [-0.25, -0.2) is 9.18 Å². The molecule has 0 radical (unpaired) electrons. The van der Waals surface area contributed by atoms with Crippen LogP contribution in [0.2, 0.25) is 0 Å². The SMILES string of the molecule is COC(=O)OC=CF. The van der Waals surface area contributed by atoms with Gasteiger partial charge in [0.1, 0.15) is 12.6 Å². The summed E-state index contributed by atoms with van der Waals surface area (Å²) in [5.41, 5.74) is 0. The number of halogens is 1. The number of hydrogen-bond acceptors (Lipinski definition) is 3. The van der Waals surface area contributed by atoms with E-state index in [0.717, 1.165) is 7.11 Å². The Morgan fingerprint density at radius 2 is 2.38 bits per heavy atom. The molecular formula is C4H5FO3. The molecule has 0 saturated carbocycles. The van der Waals surface area contributed by atoms with E-state index < -0.39 is 6.16 Å². The first-order valence-electron chi connectivity index (χ1n) is 1.81. The number of hydrogen-bond donors (Lipinski definition) is 0. The molecule has 0 aromatic heterocycles. The molecule has 0 aliphatic carbocycles. The smallest absolute Gasteiger partial charge is 0.437 e. The molecule has 0 aliphatic heterocycles. The van der Waals surface area contributed by atoms with Crippen molar-refractivity contribution in [3.8, 4) is 0 Å². The van der Waals surface area contributed by atoms with Gasteiger partial charge >= 0.3 is 6.16 Å². The molecule has 0 spiro atoms. The van der Waals surface area contributed by atoms with E-state index in [9.17, 15) is 9.18 Å². The molecule has 0 saturated heterocycles. The standard InChI is InChI=1S/C4H5FO3/c1-7-4(6)8-3-2-5/h2-3H,1H3. The van der Waals surface area contributed by atoms with Crippen molar-refractivity contribution in [2.75, 3.05) is 7.11 Å². The van der Waals surface area contributed by atoms with Gasteiger partial charge < -0.3 is 9.47 Å². The quantitative estimate of drug-likeness (QED) is 0.385. The van der Waals surface area contributed by atoms with Crippen molar-refractivity contribution in [3.63, 3.8) is 0 Å². The van der Waals surface area contributed by atoms with Crippen LogP contribution in [0.4, 0.5) is 9.18 Å². The van der Waals surface area contributed by atoms with Gasteiger partial charge in [0.05, 0.1) is 7.11 Å². The summed E-state index contributed by atoms with van der Waals surface area (Å²) in [4.78, 5) is 9.91. The van der Waals surface area contributed by atoms with Gasteiger partial charge in [-0.1, -0.05) is 0 Å². The van der Waals surface area contributed by atoms with Crippen LogP contribution in [0.3, 0.4) is 0 Å². The van der Waals surface area contributed by atoms with Crippen molar-refractivity contribution in [2.24, 2.45) is 0 Å². The summed E-state index contributed by atoms with van der Waals surface area (Å²) in [6.45, 7) is 0. The first kappa shape index (κ1) is 6.94. The zero-order chi connectivity index (χ0) is 6.41. The summed E-state index contributed by atoms with van der Waals surface area (Å²) in [6, 6.07) is 0. The van der Waals surface area contributed by atoms with Crippen LogP contribution in [0, 0.1) is 0 Å². The van der Waals surface area contributed by atoms with Crippen LogP contribution < -0.4 is 0 Å². The van der Waals surface area contributed by atoms with Crippen LogP contribution in [0.25, 0.3) is 0 Å². The van der Waals surface area contributed by atoms with Gasteiger partial charge in [-0.3, -0.25) is 0 Å². The maximum atomic E-state index is 11.0. The van der Waals surface area contributed by atoms with Crippen molar-refractivity contribution in [2.45, 2.75) is 0 Å². The molecule has 0 amide bonds. The average molecular weight is 120 g/mol. The third-order valence-corrected chi connectivity index (χ3v) is 0.382. The lowest BCUT2D eigenvalue weighted by atomic mass is 11.1. The van der Waals surface area contributed by atoms with E-state index in [1.165, 1.54) is 0 Å². The number of rotatable bonds is 1. The molecule has 46 valence electrons. The summed E-state index contributed by atoms with van der Waals surface area (Å²) in [7, 11) is 1.13. The summed E-state index contributed by atoms with van der Waals surface area (Å²) in [5, 5.41) is 0. The van der Waals surface area contributed by atoms with Gasteiger partial charge in [0.2, 0.25) is 0 Å². The number of ether oxygens (including phenoxy) is 2. The largest absolute Gasteiger partial charge is 0.513 e. The molecule has 0 aromatic carbocycles. The molecular weight excluding hydrogens is 115 g/mol. The van der Waals surface area contributed by atoms with Gasteiger partial charge in [-0.15, -0.1) is 0 Å². The number of carbonyl (C=O) groups excluding carboxylic acids is 1. The molecule has 0 atom stereocenters. The van der Waals surface area contributed by atoms with E-state index >= 15 is 0 Å². The maximum absolute atomic E-state index is 11.0. The Balaban J connectivity index is 3.25. The van der Waals surface area contributed by atoms with Crippen molar-refractivity contribution >= 4 is 6.16 Å². The van der Waals surface area contributed by atoms with Gasteiger partial charge in [-0.05, 0) is 0 Å². The predicted octanol–water partition coefficient (Wildman–Crippen LogP) is 1.21. The molecule has 0 fully saturated rings. The Morgan fingerprint density at radius 1 is 1.75 bits per heavy atom. The fraction of sp³-hybridized carbons (Fsp3) is 0.250. The van der Waals surface area contributed by atoms with Crippen molar-refractivity contribution in [1.82, 2.24) is 0 Å². The third-order valence-electron chi connectivity index (χ3n) is 0.382. The molecule has 0 aromatic rings. The van der Waals surface area contributed by atoms with E-state index in [2.05, 4.69) is 9.47 Å². The second kappa shape index (κ2) is 4.11. The van der Waals surface area contributed by atoms with Crippen LogP contribution in [-0.4, -0.2) is 13.3 Å². The lowest BCUT2D eigenvalue weighted by Crippen LogP contribution is -1.97. The summed E-state index contributed by atoms with van der Waals surface area (Å²) < 4.78 is 18.9. The molecule has 3 nitrogen and oxygen atoms in total. The molecule has 8 heavy (non-hydrogen) atoms. The second-order valence-electron chi connectivity index (χ2n) is 0.834. The van der Waals surface area contributed by atoms with Gasteiger partial charge in [-0.2, -0.15) is 0 Å². The van der Waals surface area contributed by atoms with Gasteiger partial charge in [0.25, 0.3) is 0 Å². The summed E-state index contributed by atoms with van der Waals surface area (Å²) >= 11 is 0. The Bertz CT molecular complexity index is 99.5. The fourth-order valence-electron chi connectivity index (χ4n) is 0.129. The van der Waals surface area contributed by atoms with E-state index in [-0.39, 0.29) is 6.33 Å². The van der Waals surface area contributed by atoms with E-state index in [1.54, 1.807) is 0 Å². The number of methoxy groups -OCH3 is 1. The van der Waals surface area contributed by atoms with Gasteiger partial charge in [0.15, 0.2) is 0 Å². The maximum Gasteiger partial charge on any atom is 0.513 e. The summed E-state index contributed by atoms with van der Waals surface area (Å²) in [5.74, 6) is 0. The Hall–Kier alpha value is -1.06. The van der Waals surface area contributed by atoms with Crippen LogP contribution in [-0.2, 0) is 9.47 Å². The Labute approximate surface area is 45.7 Å². The Morgan fingerprint density at radius 3 is 2.75 bits per heavy atom.